The molecule has 3 nitrogen and oxygen atoms in total. The van der Waals surface area contributed by atoms with Crippen LogP contribution in [0.5, 0.6) is 0 Å². The van der Waals surface area contributed by atoms with Crippen LogP contribution in [0.4, 0.5) is 0 Å². The summed E-state index contributed by atoms with van der Waals surface area (Å²) >= 11 is 9.31. The number of aromatic nitrogens is 3. The van der Waals surface area contributed by atoms with Crippen molar-refractivity contribution < 1.29 is 0 Å². The van der Waals surface area contributed by atoms with E-state index in [1.165, 1.54) is 11.8 Å². The minimum absolute atomic E-state index is 0.116. The number of halogens is 1. The molecule has 0 spiro atoms. The fraction of sp³-hybridized carbons (Fsp3) is 0.417. The van der Waals surface area contributed by atoms with Crippen LogP contribution in [0.15, 0.2) is 20.9 Å². The Hall–Kier alpha value is -0.650. The highest BCUT2D eigenvalue weighted by atomic mass is 35.5. The highest BCUT2D eigenvalue weighted by Gasteiger charge is 2.21. The normalized spacial score (nSPS) is 11.8. The molecule has 0 aliphatic carbocycles. The van der Waals surface area contributed by atoms with E-state index < -0.39 is 0 Å². The van der Waals surface area contributed by atoms with Crippen LogP contribution >= 0.6 is 34.7 Å². The van der Waals surface area contributed by atoms with E-state index >= 15 is 0 Å². The van der Waals surface area contributed by atoms with Crippen molar-refractivity contribution in [1.82, 2.24) is 15.0 Å². The number of nitrogens with zero attached hydrogens (tertiary/aromatic N) is 3. The van der Waals surface area contributed by atoms with Crippen molar-refractivity contribution in [2.45, 2.75) is 42.5 Å². The summed E-state index contributed by atoms with van der Waals surface area (Å²) in [6.07, 6.45) is 1.79. The lowest BCUT2D eigenvalue weighted by atomic mass is 9.96. The third-order valence-electron chi connectivity index (χ3n) is 2.31. The second-order valence-electron chi connectivity index (χ2n) is 4.92. The van der Waals surface area contributed by atoms with Gasteiger partial charge in [-0.25, -0.2) is 15.0 Å². The fourth-order valence-corrected chi connectivity index (χ4v) is 3.09. The minimum atomic E-state index is -0.116. The van der Waals surface area contributed by atoms with Gasteiger partial charge in [0, 0.05) is 22.6 Å². The topological polar surface area (TPSA) is 38.7 Å². The van der Waals surface area contributed by atoms with Crippen LogP contribution in [0.1, 0.15) is 32.2 Å². The zero-order valence-corrected chi connectivity index (χ0v) is 13.1. The molecule has 0 aliphatic heterocycles. The first kappa shape index (κ1) is 13.8. The van der Waals surface area contributed by atoms with Gasteiger partial charge >= 0.3 is 0 Å². The third-order valence-corrected chi connectivity index (χ3v) is 4.65. The van der Waals surface area contributed by atoms with Crippen LogP contribution in [0.3, 0.4) is 0 Å². The number of thiazole rings is 1. The molecule has 0 N–H and O–H groups in total. The van der Waals surface area contributed by atoms with Gasteiger partial charge in [-0.15, -0.1) is 11.3 Å². The van der Waals surface area contributed by atoms with E-state index in [-0.39, 0.29) is 5.41 Å². The summed E-state index contributed by atoms with van der Waals surface area (Å²) in [6, 6.07) is 0. The molecule has 2 aromatic rings. The summed E-state index contributed by atoms with van der Waals surface area (Å²) in [5, 5.41) is 3.36. The molecule has 0 bridgehead atoms. The van der Waals surface area contributed by atoms with Gasteiger partial charge in [0.1, 0.15) is 16.0 Å². The van der Waals surface area contributed by atoms with Crippen molar-refractivity contribution in [1.29, 1.82) is 0 Å². The predicted molar refractivity (Wildman–Crippen MR) is 76.7 cm³/mol. The van der Waals surface area contributed by atoms with Gasteiger partial charge < -0.3 is 0 Å². The van der Waals surface area contributed by atoms with Gasteiger partial charge in [0.15, 0.2) is 4.34 Å². The maximum Gasteiger partial charge on any atom is 0.156 e. The van der Waals surface area contributed by atoms with Gasteiger partial charge in [0.05, 0.1) is 0 Å². The summed E-state index contributed by atoms with van der Waals surface area (Å²) in [6.45, 7) is 8.16. The smallest absolute Gasteiger partial charge is 0.156 e. The van der Waals surface area contributed by atoms with Crippen molar-refractivity contribution in [2.75, 3.05) is 0 Å². The molecule has 2 heterocycles. The Kier molecular flexibility index (Phi) is 3.94. The van der Waals surface area contributed by atoms with Crippen LogP contribution in [0.25, 0.3) is 0 Å². The van der Waals surface area contributed by atoms with Gasteiger partial charge in [-0.3, -0.25) is 0 Å². The molecule has 0 amide bonds. The van der Waals surface area contributed by atoms with Crippen molar-refractivity contribution in [3.8, 4) is 0 Å². The molecule has 18 heavy (non-hydrogen) atoms. The molecule has 0 aromatic carbocycles. The second kappa shape index (κ2) is 5.15. The molecule has 0 fully saturated rings. The van der Waals surface area contributed by atoms with Crippen LogP contribution < -0.4 is 0 Å². The Morgan fingerprint density at radius 1 is 1.28 bits per heavy atom. The molecule has 2 rings (SSSR count). The molecule has 0 saturated heterocycles. The van der Waals surface area contributed by atoms with Crippen LogP contribution in [0.2, 0.25) is 5.15 Å². The standard InChI is InChI=1S/C12H14ClN3S2/c1-7-8(13)15-10(12(2,3)4)16-9(7)18-11-14-5-6-17-11/h5-6H,1-4H3. The summed E-state index contributed by atoms with van der Waals surface area (Å²) in [4.78, 5) is 13.2. The maximum atomic E-state index is 6.18. The molecule has 6 heteroatoms. The van der Waals surface area contributed by atoms with E-state index in [2.05, 4.69) is 35.7 Å². The number of hydrogen-bond donors (Lipinski definition) is 0. The lowest BCUT2D eigenvalue weighted by Crippen LogP contribution is -2.17. The fourth-order valence-electron chi connectivity index (χ4n) is 1.25. The molecule has 2 aromatic heterocycles. The Bertz CT molecular complexity index is 547. The SMILES string of the molecule is Cc1c(Cl)nc(C(C)(C)C)nc1Sc1nccs1. The monoisotopic (exact) mass is 299 g/mol. The molecule has 96 valence electrons. The van der Waals surface area contributed by atoms with Crippen molar-refractivity contribution in [3.63, 3.8) is 0 Å². The van der Waals surface area contributed by atoms with E-state index in [0.29, 0.717) is 5.15 Å². The molecular weight excluding hydrogens is 286 g/mol. The van der Waals surface area contributed by atoms with Crippen molar-refractivity contribution in [2.24, 2.45) is 0 Å². The lowest BCUT2D eigenvalue weighted by molar-refractivity contribution is 0.537. The molecule has 0 radical (unpaired) electrons. The molecular formula is C12H14ClN3S2. The van der Waals surface area contributed by atoms with Gasteiger partial charge in [-0.2, -0.15) is 0 Å². The summed E-state index contributed by atoms with van der Waals surface area (Å²) in [5.74, 6) is 0.761. The highest BCUT2D eigenvalue weighted by Crippen LogP contribution is 2.33. The maximum absolute atomic E-state index is 6.18. The Balaban J connectivity index is 2.43. The zero-order chi connectivity index (χ0) is 13.3. The minimum Gasteiger partial charge on any atom is -0.238 e. The van der Waals surface area contributed by atoms with E-state index in [1.54, 1.807) is 17.5 Å². The van der Waals surface area contributed by atoms with Crippen LogP contribution in [0, 0.1) is 6.92 Å². The molecule has 0 unspecified atom stereocenters. The zero-order valence-electron chi connectivity index (χ0n) is 10.7. The number of hydrogen-bond acceptors (Lipinski definition) is 5. The number of rotatable bonds is 2. The first-order chi connectivity index (χ1) is 8.38. The summed E-state index contributed by atoms with van der Waals surface area (Å²) in [5.41, 5.74) is 0.792. The van der Waals surface area contributed by atoms with E-state index in [9.17, 15) is 0 Å². The Morgan fingerprint density at radius 3 is 2.56 bits per heavy atom. The highest BCUT2D eigenvalue weighted by molar-refractivity contribution is 8.01. The van der Waals surface area contributed by atoms with E-state index in [0.717, 1.165) is 20.8 Å². The van der Waals surface area contributed by atoms with Crippen LogP contribution in [-0.4, -0.2) is 15.0 Å². The molecule has 0 atom stereocenters. The average Bonchev–Trinajstić information content (AvgIpc) is 2.75. The summed E-state index contributed by atoms with van der Waals surface area (Å²) in [7, 11) is 0. The van der Waals surface area contributed by atoms with E-state index in [1.807, 2.05) is 12.3 Å². The van der Waals surface area contributed by atoms with E-state index in [4.69, 9.17) is 11.6 Å². The largest absolute Gasteiger partial charge is 0.238 e. The average molecular weight is 300 g/mol. The van der Waals surface area contributed by atoms with Gasteiger partial charge in [0.25, 0.3) is 0 Å². The van der Waals surface area contributed by atoms with Crippen molar-refractivity contribution >= 4 is 34.7 Å². The molecule has 0 aliphatic rings. The van der Waals surface area contributed by atoms with Crippen molar-refractivity contribution in [3.05, 3.63) is 28.1 Å². The predicted octanol–water partition coefficient (Wildman–Crippen LogP) is 4.34. The lowest BCUT2D eigenvalue weighted by Gasteiger charge is -2.18. The second-order valence-corrected chi connectivity index (χ2v) is 7.41. The van der Waals surface area contributed by atoms with Crippen LogP contribution in [-0.2, 0) is 5.41 Å². The Morgan fingerprint density at radius 2 is 2.00 bits per heavy atom. The quantitative estimate of drug-likeness (QED) is 0.773. The third kappa shape index (κ3) is 3.02. The van der Waals surface area contributed by atoms with Gasteiger partial charge in [0.2, 0.25) is 0 Å². The van der Waals surface area contributed by atoms with Gasteiger partial charge in [-0.05, 0) is 18.7 Å². The Labute approximate surface area is 120 Å². The summed E-state index contributed by atoms with van der Waals surface area (Å²) < 4.78 is 0.965. The first-order valence-electron chi connectivity index (χ1n) is 5.50. The molecule has 0 saturated carbocycles. The van der Waals surface area contributed by atoms with Gasteiger partial charge in [-0.1, -0.05) is 32.4 Å². The first-order valence-corrected chi connectivity index (χ1v) is 7.57.